The molecule has 1 aliphatic heterocycles. The quantitative estimate of drug-likeness (QED) is 0.762. The molecule has 0 radical (unpaired) electrons. The first-order valence-electron chi connectivity index (χ1n) is 7.89. The summed E-state index contributed by atoms with van der Waals surface area (Å²) in [6.45, 7) is 1.16. The average Bonchev–Trinajstić information content (AvgIpc) is 2.55. The van der Waals surface area contributed by atoms with Crippen molar-refractivity contribution in [3.63, 3.8) is 0 Å². The molecule has 1 fully saturated rings. The number of aliphatic hydroxyl groups is 1. The van der Waals surface area contributed by atoms with Gasteiger partial charge in [0.1, 0.15) is 0 Å². The van der Waals surface area contributed by atoms with E-state index in [1.165, 1.54) is 12.1 Å². The number of carbonyl (C=O) groups excluding carboxylic acids is 1. The summed E-state index contributed by atoms with van der Waals surface area (Å²) in [4.78, 5) is 10.7. The zero-order valence-electron chi connectivity index (χ0n) is 13.4. The highest BCUT2D eigenvalue weighted by Gasteiger charge is 2.24. The molecular formula is C16H23NO6S. The zero-order valence-corrected chi connectivity index (χ0v) is 14.2. The van der Waals surface area contributed by atoms with Crippen LogP contribution in [-0.2, 0) is 19.3 Å². The lowest BCUT2D eigenvalue weighted by atomic mass is 10.0. The maximum Gasteiger partial charge on any atom is 0.404 e. The topological polar surface area (TPSA) is 116 Å². The van der Waals surface area contributed by atoms with Gasteiger partial charge in [-0.3, -0.25) is 0 Å². The summed E-state index contributed by atoms with van der Waals surface area (Å²) in [5.74, 6) is 0.182. The third kappa shape index (κ3) is 5.47. The summed E-state index contributed by atoms with van der Waals surface area (Å²) in [5, 5.41) is 10.1. The third-order valence-corrected chi connectivity index (χ3v) is 5.92. The molecule has 7 nitrogen and oxygen atoms in total. The van der Waals surface area contributed by atoms with Gasteiger partial charge in [0.05, 0.1) is 23.4 Å². The van der Waals surface area contributed by atoms with Crippen molar-refractivity contribution in [2.75, 3.05) is 25.6 Å². The number of rotatable bonds is 7. The number of aliphatic hydroxyl groups excluding tert-OH is 1. The van der Waals surface area contributed by atoms with E-state index in [-0.39, 0.29) is 29.6 Å². The lowest BCUT2D eigenvalue weighted by molar-refractivity contribution is 0.0723. The molecule has 1 aromatic carbocycles. The molecule has 1 saturated heterocycles. The highest BCUT2D eigenvalue weighted by atomic mass is 32.2. The van der Waals surface area contributed by atoms with Gasteiger partial charge in [-0.2, -0.15) is 0 Å². The number of primary amides is 1. The molecule has 0 saturated carbocycles. The second-order valence-corrected chi connectivity index (χ2v) is 7.92. The number of hydrogen-bond donors (Lipinski definition) is 2. The van der Waals surface area contributed by atoms with Crippen LogP contribution in [0.2, 0.25) is 0 Å². The Kier molecular flexibility index (Phi) is 6.59. The summed E-state index contributed by atoms with van der Waals surface area (Å²) < 4.78 is 35.0. The molecular weight excluding hydrogens is 334 g/mol. The Morgan fingerprint density at radius 2 is 2.08 bits per heavy atom. The smallest absolute Gasteiger partial charge is 0.404 e. The Balaban J connectivity index is 2.03. The minimum Gasteiger partial charge on any atom is -0.450 e. The van der Waals surface area contributed by atoms with Gasteiger partial charge in [-0.15, -0.1) is 0 Å². The second-order valence-electron chi connectivity index (χ2n) is 5.88. The van der Waals surface area contributed by atoms with Gasteiger partial charge >= 0.3 is 6.09 Å². The van der Waals surface area contributed by atoms with Crippen molar-refractivity contribution in [1.82, 2.24) is 0 Å². The average molecular weight is 357 g/mol. The highest BCUT2D eigenvalue weighted by Crippen LogP contribution is 2.24. The van der Waals surface area contributed by atoms with E-state index in [1.54, 1.807) is 12.1 Å². The number of amides is 1. The largest absolute Gasteiger partial charge is 0.450 e. The predicted molar refractivity (Wildman–Crippen MR) is 87.2 cm³/mol. The minimum atomic E-state index is -3.42. The fraction of sp³-hybridized carbons (Fsp3) is 0.562. The van der Waals surface area contributed by atoms with Crippen molar-refractivity contribution in [2.24, 2.45) is 11.7 Å². The fourth-order valence-electron chi connectivity index (χ4n) is 2.67. The van der Waals surface area contributed by atoms with Crippen molar-refractivity contribution in [2.45, 2.75) is 30.3 Å². The molecule has 134 valence electrons. The fourth-order valence-corrected chi connectivity index (χ4v) is 4.42. The van der Waals surface area contributed by atoms with Gasteiger partial charge in [0, 0.05) is 19.6 Å². The molecule has 3 N–H and O–H groups in total. The van der Waals surface area contributed by atoms with Gasteiger partial charge in [-0.25, -0.2) is 13.2 Å². The monoisotopic (exact) mass is 357 g/mol. The molecule has 2 rings (SSSR count). The number of benzene rings is 1. The van der Waals surface area contributed by atoms with Gasteiger partial charge in [0.2, 0.25) is 0 Å². The van der Waals surface area contributed by atoms with Crippen molar-refractivity contribution < 1.29 is 27.8 Å². The van der Waals surface area contributed by atoms with Crippen LogP contribution in [0, 0.1) is 5.92 Å². The summed E-state index contributed by atoms with van der Waals surface area (Å²) in [6.07, 6.45) is -0.206. The van der Waals surface area contributed by atoms with E-state index >= 15 is 0 Å². The third-order valence-electron chi connectivity index (χ3n) is 4.03. The van der Waals surface area contributed by atoms with E-state index in [1.807, 2.05) is 0 Å². The van der Waals surface area contributed by atoms with E-state index < -0.39 is 22.0 Å². The number of nitrogens with two attached hydrogens (primary N) is 1. The van der Waals surface area contributed by atoms with Crippen LogP contribution in [0.3, 0.4) is 0 Å². The van der Waals surface area contributed by atoms with E-state index in [0.717, 1.165) is 12.8 Å². The van der Waals surface area contributed by atoms with Crippen molar-refractivity contribution >= 4 is 15.9 Å². The molecule has 0 spiro atoms. The van der Waals surface area contributed by atoms with Crippen molar-refractivity contribution in [3.05, 3.63) is 29.8 Å². The van der Waals surface area contributed by atoms with Crippen LogP contribution in [0.5, 0.6) is 0 Å². The van der Waals surface area contributed by atoms with Crippen LogP contribution in [0.1, 0.15) is 30.9 Å². The van der Waals surface area contributed by atoms with E-state index in [9.17, 15) is 18.3 Å². The van der Waals surface area contributed by atoms with Crippen LogP contribution >= 0.6 is 0 Å². The van der Waals surface area contributed by atoms with Gasteiger partial charge in [0.25, 0.3) is 0 Å². The van der Waals surface area contributed by atoms with E-state index in [2.05, 4.69) is 4.74 Å². The number of hydrogen-bond acceptors (Lipinski definition) is 6. The Hall–Kier alpha value is -1.64. The SMILES string of the molecule is NC(=O)OCCC(O)c1cccc(S(=O)(=O)CC2CCOCC2)c1. The molecule has 8 heteroatoms. The van der Waals surface area contributed by atoms with Crippen LogP contribution < -0.4 is 5.73 Å². The predicted octanol–water partition coefficient (Wildman–Crippen LogP) is 1.41. The van der Waals surface area contributed by atoms with Gasteiger partial charge < -0.3 is 20.3 Å². The molecule has 1 unspecified atom stereocenters. The Bertz CT molecular complexity index is 654. The van der Waals surface area contributed by atoms with E-state index in [4.69, 9.17) is 10.5 Å². The molecule has 1 aromatic rings. The molecule has 24 heavy (non-hydrogen) atoms. The van der Waals surface area contributed by atoms with Gasteiger partial charge in [0.15, 0.2) is 9.84 Å². The molecule has 0 bridgehead atoms. The van der Waals surface area contributed by atoms with E-state index in [0.29, 0.717) is 18.8 Å². The summed E-state index contributed by atoms with van der Waals surface area (Å²) in [6, 6.07) is 6.25. The van der Waals surface area contributed by atoms with Crippen molar-refractivity contribution in [3.8, 4) is 0 Å². The first-order valence-corrected chi connectivity index (χ1v) is 9.54. The second kappa shape index (κ2) is 8.46. The zero-order chi connectivity index (χ0) is 17.6. The van der Waals surface area contributed by atoms with Crippen LogP contribution in [0.15, 0.2) is 29.2 Å². The molecule has 1 heterocycles. The molecule has 1 atom stereocenters. The standard InChI is InChI=1S/C16H23NO6S/c17-16(19)23-9-6-15(18)13-2-1-3-14(10-13)24(20,21)11-12-4-7-22-8-5-12/h1-3,10,12,15,18H,4-9,11H2,(H2,17,19). The molecule has 0 aliphatic carbocycles. The lowest BCUT2D eigenvalue weighted by Crippen LogP contribution is -2.23. The normalized spacial score (nSPS) is 17.4. The highest BCUT2D eigenvalue weighted by molar-refractivity contribution is 7.91. The lowest BCUT2D eigenvalue weighted by Gasteiger charge is -2.22. The van der Waals surface area contributed by atoms with Gasteiger partial charge in [-0.05, 0) is 36.5 Å². The van der Waals surface area contributed by atoms with Crippen LogP contribution in [-0.4, -0.2) is 45.2 Å². The maximum absolute atomic E-state index is 12.6. The number of ether oxygens (including phenoxy) is 2. The van der Waals surface area contributed by atoms with Gasteiger partial charge in [-0.1, -0.05) is 12.1 Å². The molecule has 0 aromatic heterocycles. The first kappa shape index (κ1) is 18.7. The Labute approximate surface area is 141 Å². The molecule has 1 amide bonds. The minimum absolute atomic E-state index is 0.0322. The van der Waals surface area contributed by atoms with Crippen LogP contribution in [0.4, 0.5) is 4.79 Å². The number of sulfone groups is 1. The Morgan fingerprint density at radius 3 is 2.75 bits per heavy atom. The number of carbonyl (C=O) groups is 1. The van der Waals surface area contributed by atoms with Crippen LogP contribution in [0.25, 0.3) is 0 Å². The maximum atomic E-state index is 12.6. The molecule has 1 aliphatic rings. The summed E-state index contributed by atoms with van der Waals surface area (Å²) in [5.41, 5.74) is 5.33. The first-order chi connectivity index (χ1) is 11.4. The Morgan fingerprint density at radius 1 is 1.38 bits per heavy atom. The summed E-state index contributed by atoms with van der Waals surface area (Å²) >= 11 is 0. The van der Waals surface area contributed by atoms with Crippen molar-refractivity contribution in [1.29, 1.82) is 0 Å². The summed E-state index contributed by atoms with van der Waals surface area (Å²) in [7, 11) is -3.42.